The number of primary amides is 1. The second-order valence-corrected chi connectivity index (χ2v) is 8.14. The number of nitrogens with two attached hydrogens (primary N) is 1. The minimum absolute atomic E-state index is 0.285. The number of thioether (sulfide) groups is 1. The predicted octanol–water partition coefficient (Wildman–Crippen LogP) is 1.13. The van der Waals surface area contributed by atoms with Crippen LogP contribution in [0.1, 0.15) is 30.5 Å². The van der Waals surface area contributed by atoms with Crippen LogP contribution in [0.2, 0.25) is 0 Å². The van der Waals surface area contributed by atoms with Crippen LogP contribution in [0.15, 0.2) is 5.03 Å². The lowest BCUT2D eigenvalue weighted by molar-refractivity contribution is -0.119. The van der Waals surface area contributed by atoms with Gasteiger partial charge in [-0.1, -0.05) is 0 Å². The van der Waals surface area contributed by atoms with E-state index in [0.29, 0.717) is 25.1 Å². The number of nitrogens with zero attached hydrogens (tertiary/aromatic N) is 4. The summed E-state index contributed by atoms with van der Waals surface area (Å²) in [5, 5.41) is 10.5. The van der Waals surface area contributed by atoms with Gasteiger partial charge in [0.15, 0.2) is 0 Å². The van der Waals surface area contributed by atoms with Crippen LogP contribution in [0.4, 0.5) is 5.82 Å². The lowest BCUT2D eigenvalue weighted by Crippen LogP contribution is -2.49. The quantitative estimate of drug-likeness (QED) is 0.788. The molecule has 2 aliphatic rings. The second-order valence-electron chi connectivity index (χ2n) is 7.34. The van der Waals surface area contributed by atoms with Gasteiger partial charge in [0.1, 0.15) is 16.9 Å². The van der Waals surface area contributed by atoms with E-state index in [9.17, 15) is 10.1 Å². The number of amides is 1. The van der Waals surface area contributed by atoms with E-state index in [1.54, 1.807) is 0 Å². The number of rotatable bonds is 4. The van der Waals surface area contributed by atoms with Gasteiger partial charge in [0.05, 0.1) is 24.3 Å². The zero-order chi connectivity index (χ0) is 18.9. The molecular formula is C18H25N5O2S. The van der Waals surface area contributed by atoms with Crippen LogP contribution in [0, 0.1) is 11.3 Å². The van der Waals surface area contributed by atoms with Gasteiger partial charge in [0.2, 0.25) is 5.91 Å². The molecule has 1 fully saturated rings. The van der Waals surface area contributed by atoms with Gasteiger partial charge in [-0.15, -0.1) is 11.8 Å². The first kappa shape index (κ1) is 19.0. The molecule has 1 saturated heterocycles. The number of ether oxygens (including phenoxy) is 1. The Morgan fingerprint density at radius 2 is 2.04 bits per heavy atom. The molecule has 2 N–H and O–H groups in total. The van der Waals surface area contributed by atoms with Crippen molar-refractivity contribution < 1.29 is 9.53 Å². The molecule has 0 aliphatic carbocycles. The number of pyridine rings is 1. The number of piperazine rings is 1. The standard InChI is InChI=1S/C18H25N5O2S/c1-18(2)8-12-13(9-19)17(26-3)21-16(14(12)11-25-18)23-6-4-22(5-7-23)10-15(20)24/h4-8,10-11H2,1-3H3,(H2,20,24). The van der Waals surface area contributed by atoms with Gasteiger partial charge in [0, 0.05) is 38.2 Å². The first-order valence-electron chi connectivity index (χ1n) is 8.74. The third-order valence-electron chi connectivity index (χ3n) is 4.92. The van der Waals surface area contributed by atoms with E-state index in [4.69, 9.17) is 15.5 Å². The fraction of sp³-hybridized carbons (Fsp3) is 0.611. The minimum atomic E-state index is -0.298. The summed E-state index contributed by atoms with van der Waals surface area (Å²) in [6, 6.07) is 2.35. The Bertz CT molecular complexity index is 751. The van der Waals surface area contributed by atoms with Crippen LogP contribution in [0.25, 0.3) is 0 Å². The van der Waals surface area contributed by atoms with Crippen molar-refractivity contribution in [3.63, 3.8) is 0 Å². The fourth-order valence-corrected chi connectivity index (χ4v) is 4.14. The summed E-state index contributed by atoms with van der Waals surface area (Å²) in [4.78, 5) is 20.2. The van der Waals surface area contributed by atoms with E-state index in [-0.39, 0.29) is 11.5 Å². The van der Waals surface area contributed by atoms with Crippen molar-refractivity contribution in [2.24, 2.45) is 5.73 Å². The van der Waals surface area contributed by atoms with E-state index in [1.807, 2.05) is 6.26 Å². The van der Waals surface area contributed by atoms with E-state index >= 15 is 0 Å². The highest BCUT2D eigenvalue weighted by Gasteiger charge is 2.33. The molecule has 0 unspecified atom stereocenters. The summed E-state index contributed by atoms with van der Waals surface area (Å²) in [6.45, 7) is 7.94. The number of hydrogen-bond donors (Lipinski definition) is 1. The van der Waals surface area contributed by atoms with E-state index < -0.39 is 0 Å². The summed E-state index contributed by atoms with van der Waals surface area (Å²) in [6.07, 6.45) is 2.66. The SMILES string of the molecule is CSc1nc(N2CCN(CC(N)=O)CC2)c2c(c1C#N)CC(C)(C)OC2. The molecule has 0 saturated carbocycles. The van der Waals surface area contributed by atoms with Gasteiger partial charge in [-0.3, -0.25) is 9.69 Å². The number of anilines is 1. The number of hydrogen-bond acceptors (Lipinski definition) is 7. The van der Waals surface area contributed by atoms with Crippen molar-refractivity contribution in [3.05, 3.63) is 16.7 Å². The maximum atomic E-state index is 11.1. The van der Waals surface area contributed by atoms with Gasteiger partial charge < -0.3 is 15.4 Å². The maximum Gasteiger partial charge on any atom is 0.231 e. The molecule has 140 valence electrons. The van der Waals surface area contributed by atoms with E-state index in [2.05, 4.69) is 29.7 Å². The molecule has 26 heavy (non-hydrogen) atoms. The van der Waals surface area contributed by atoms with Crippen LogP contribution in [-0.4, -0.2) is 60.4 Å². The van der Waals surface area contributed by atoms with Gasteiger partial charge >= 0.3 is 0 Å². The van der Waals surface area contributed by atoms with Gasteiger partial charge in [-0.05, 0) is 25.7 Å². The number of carbonyl (C=O) groups excluding carboxylic acids is 1. The minimum Gasteiger partial charge on any atom is -0.370 e. The molecule has 8 heteroatoms. The largest absolute Gasteiger partial charge is 0.370 e. The number of fused-ring (bicyclic) bond motifs is 1. The smallest absolute Gasteiger partial charge is 0.231 e. The van der Waals surface area contributed by atoms with Crippen LogP contribution in [-0.2, 0) is 22.6 Å². The molecule has 0 atom stereocenters. The lowest BCUT2D eigenvalue weighted by Gasteiger charge is -2.39. The Balaban J connectivity index is 1.94. The van der Waals surface area contributed by atoms with Crippen molar-refractivity contribution >= 4 is 23.5 Å². The molecule has 0 radical (unpaired) electrons. The monoisotopic (exact) mass is 375 g/mol. The third-order valence-corrected chi connectivity index (χ3v) is 5.61. The third kappa shape index (κ3) is 3.80. The Morgan fingerprint density at radius 1 is 1.35 bits per heavy atom. The Hall–Kier alpha value is -1.82. The molecule has 3 heterocycles. The first-order valence-corrected chi connectivity index (χ1v) is 9.96. The average molecular weight is 375 g/mol. The summed E-state index contributed by atoms with van der Waals surface area (Å²) in [7, 11) is 0. The van der Waals surface area contributed by atoms with Crippen LogP contribution in [0.5, 0.6) is 0 Å². The normalized spacial score (nSPS) is 19.7. The number of aromatic nitrogens is 1. The molecule has 1 aromatic heterocycles. The van der Waals surface area contributed by atoms with Gasteiger partial charge in [-0.25, -0.2) is 4.98 Å². The van der Waals surface area contributed by atoms with Crippen LogP contribution in [0.3, 0.4) is 0 Å². The molecule has 0 bridgehead atoms. The Kier molecular flexibility index (Phi) is 5.42. The summed E-state index contributed by atoms with van der Waals surface area (Å²) in [5.41, 5.74) is 7.79. The highest BCUT2D eigenvalue weighted by molar-refractivity contribution is 7.98. The predicted molar refractivity (Wildman–Crippen MR) is 101 cm³/mol. The Morgan fingerprint density at radius 3 is 2.62 bits per heavy atom. The molecule has 1 aromatic rings. The van der Waals surface area contributed by atoms with Gasteiger partial charge in [-0.2, -0.15) is 5.26 Å². The molecule has 2 aliphatic heterocycles. The maximum absolute atomic E-state index is 11.1. The van der Waals surface area contributed by atoms with Gasteiger partial charge in [0.25, 0.3) is 0 Å². The second kappa shape index (κ2) is 7.43. The highest BCUT2D eigenvalue weighted by atomic mass is 32.2. The van der Waals surface area contributed by atoms with Crippen molar-refractivity contribution in [1.29, 1.82) is 5.26 Å². The van der Waals surface area contributed by atoms with Crippen molar-refractivity contribution in [2.75, 3.05) is 43.9 Å². The van der Waals surface area contributed by atoms with Crippen molar-refractivity contribution in [3.8, 4) is 6.07 Å². The summed E-state index contributed by atoms with van der Waals surface area (Å²) in [5.74, 6) is 0.616. The van der Waals surface area contributed by atoms with E-state index in [0.717, 1.165) is 48.1 Å². The lowest BCUT2D eigenvalue weighted by atomic mass is 9.89. The zero-order valence-corrected chi connectivity index (χ0v) is 16.4. The average Bonchev–Trinajstić information content (AvgIpc) is 2.59. The Labute approximate surface area is 158 Å². The molecule has 1 amide bonds. The van der Waals surface area contributed by atoms with E-state index in [1.165, 1.54) is 11.8 Å². The first-order chi connectivity index (χ1) is 12.3. The topological polar surface area (TPSA) is 95.5 Å². The molecular weight excluding hydrogens is 350 g/mol. The molecule has 3 rings (SSSR count). The van der Waals surface area contributed by atoms with Crippen molar-refractivity contribution in [2.45, 2.75) is 37.5 Å². The molecule has 0 spiro atoms. The molecule has 0 aromatic carbocycles. The summed E-state index contributed by atoms with van der Waals surface area (Å²) >= 11 is 1.51. The van der Waals surface area contributed by atoms with Crippen LogP contribution >= 0.6 is 11.8 Å². The number of carbonyl (C=O) groups is 1. The highest BCUT2D eigenvalue weighted by Crippen LogP contribution is 2.38. The molecule has 7 nitrogen and oxygen atoms in total. The zero-order valence-electron chi connectivity index (χ0n) is 15.5. The number of nitriles is 1. The summed E-state index contributed by atoms with van der Waals surface area (Å²) < 4.78 is 6.02. The fourth-order valence-electron chi connectivity index (χ4n) is 3.59. The van der Waals surface area contributed by atoms with Crippen LogP contribution < -0.4 is 10.6 Å². The van der Waals surface area contributed by atoms with Crippen molar-refractivity contribution in [1.82, 2.24) is 9.88 Å².